The number of carboxylic acids is 1. The topological polar surface area (TPSA) is 83.5 Å². The Bertz CT molecular complexity index is 601. The van der Waals surface area contributed by atoms with Gasteiger partial charge in [0.05, 0.1) is 5.02 Å². The number of aliphatic carboxylic acids is 1. The number of halogens is 2. The molecule has 0 bridgehead atoms. The SMILES string of the molecule is CC(C)CC(NS(=O)(=O)c1ccc(Cl)cc1Cl)C(=O)O. The molecule has 0 heterocycles. The average molecular weight is 340 g/mol. The molecule has 1 aromatic rings. The van der Waals surface area contributed by atoms with Crippen LogP contribution >= 0.6 is 23.2 Å². The molecule has 0 saturated carbocycles. The van der Waals surface area contributed by atoms with Gasteiger partial charge in [-0.15, -0.1) is 0 Å². The second-order valence-electron chi connectivity index (χ2n) is 4.72. The lowest BCUT2D eigenvalue weighted by molar-refractivity contribution is -0.139. The van der Waals surface area contributed by atoms with E-state index < -0.39 is 22.0 Å². The summed E-state index contributed by atoms with van der Waals surface area (Å²) in [6, 6.07) is 2.70. The number of carbonyl (C=O) groups is 1. The van der Waals surface area contributed by atoms with Crippen molar-refractivity contribution in [2.75, 3.05) is 0 Å². The third-order valence-electron chi connectivity index (χ3n) is 2.49. The Hall–Kier alpha value is -0.820. The van der Waals surface area contributed by atoms with Crippen LogP contribution in [0.4, 0.5) is 0 Å². The normalized spacial score (nSPS) is 13.4. The number of carboxylic acid groups (broad SMARTS) is 1. The molecule has 1 unspecified atom stereocenters. The molecule has 0 aliphatic heterocycles. The molecular weight excluding hydrogens is 325 g/mol. The molecule has 112 valence electrons. The highest BCUT2D eigenvalue weighted by Gasteiger charge is 2.27. The number of nitrogens with one attached hydrogen (secondary N) is 1. The van der Waals surface area contributed by atoms with Crippen LogP contribution < -0.4 is 4.72 Å². The van der Waals surface area contributed by atoms with Gasteiger partial charge in [0, 0.05) is 5.02 Å². The standard InChI is InChI=1S/C12H15Cl2NO4S/c1-7(2)5-10(12(16)17)15-20(18,19)11-4-3-8(13)6-9(11)14/h3-4,6-7,10,15H,5H2,1-2H3,(H,16,17). The van der Waals surface area contributed by atoms with Crippen molar-refractivity contribution in [3.05, 3.63) is 28.2 Å². The summed E-state index contributed by atoms with van der Waals surface area (Å²) >= 11 is 11.5. The molecule has 8 heteroatoms. The van der Waals surface area contributed by atoms with Crippen LogP contribution in [-0.2, 0) is 14.8 Å². The largest absolute Gasteiger partial charge is 0.480 e. The van der Waals surface area contributed by atoms with E-state index in [0.29, 0.717) is 5.02 Å². The van der Waals surface area contributed by atoms with Gasteiger partial charge in [0.25, 0.3) is 0 Å². The molecule has 1 aromatic carbocycles. The highest BCUT2D eigenvalue weighted by Crippen LogP contribution is 2.25. The van der Waals surface area contributed by atoms with Gasteiger partial charge < -0.3 is 5.11 Å². The fourth-order valence-corrected chi connectivity index (χ4v) is 3.59. The van der Waals surface area contributed by atoms with E-state index >= 15 is 0 Å². The zero-order valence-electron chi connectivity index (χ0n) is 10.9. The van der Waals surface area contributed by atoms with Crippen molar-refractivity contribution < 1.29 is 18.3 Å². The predicted octanol–water partition coefficient (Wildman–Crippen LogP) is 2.77. The van der Waals surface area contributed by atoms with Crippen LogP contribution in [0.15, 0.2) is 23.1 Å². The van der Waals surface area contributed by atoms with Crippen LogP contribution in [0.3, 0.4) is 0 Å². The predicted molar refractivity (Wildman–Crippen MR) is 77.7 cm³/mol. The molecule has 0 radical (unpaired) electrons. The molecule has 1 atom stereocenters. The van der Waals surface area contributed by atoms with Gasteiger partial charge in [-0.1, -0.05) is 37.0 Å². The number of rotatable bonds is 6. The Morgan fingerprint density at radius 3 is 2.40 bits per heavy atom. The summed E-state index contributed by atoms with van der Waals surface area (Å²) in [6.45, 7) is 3.61. The van der Waals surface area contributed by atoms with Gasteiger partial charge in [0.1, 0.15) is 10.9 Å². The zero-order chi connectivity index (χ0) is 15.5. The van der Waals surface area contributed by atoms with Gasteiger partial charge in [-0.2, -0.15) is 4.72 Å². The van der Waals surface area contributed by atoms with E-state index in [0.717, 1.165) is 0 Å². The van der Waals surface area contributed by atoms with Crippen molar-refractivity contribution in [1.29, 1.82) is 0 Å². The first-order chi connectivity index (χ1) is 9.13. The van der Waals surface area contributed by atoms with Crippen LogP contribution in [0.5, 0.6) is 0 Å². The smallest absolute Gasteiger partial charge is 0.321 e. The fraction of sp³-hybridized carbons (Fsp3) is 0.417. The first-order valence-corrected chi connectivity index (χ1v) is 8.07. The maximum absolute atomic E-state index is 12.2. The zero-order valence-corrected chi connectivity index (χ0v) is 13.3. The van der Waals surface area contributed by atoms with Crippen molar-refractivity contribution >= 4 is 39.2 Å². The maximum atomic E-state index is 12.2. The first-order valence-electron chi connectivity index (χ1n) is 5.83. The Balaban J connectivity index is 3.06. The summed E-state index contributed by atoms with van der Waals surface area (Å²) in [6.07, 6.45) is 0.180. The van der Waals surface area contributed by atoms with E-state index in [2.05, 4.69) is 4.72 Å². The Labute approximate surface area is 127 Å². The molecule has 0 saturated heterocycles. The molecule has 0 spiro atoms. The lowest BCUT2D eigenvalue weighted by Gasteiger charge is -2.17. The van der Waals surface area contributed by atoms with Crippen LogP contribution in [0.2, 0.25) is 10.0 Å². The third-order valence-corrected chi connectivity index (χ3v) is 4.68. The Morgan fingerprint density at radius 2 is 1.95 bits per heavy atom. The summed E-state index contributed by atoms with van der Waals surface area (Å²) in [5.41, 5.74) is 0. The Kier molecular flexibility index (Phi) is 5.82. The molecule has 1 rings (SSSR count). The van der Waals surface area contributed by atoms with E-state index in [4.69, 9.17) is 28.3 Å². The van der Waals surface area contributed by atoms with Gasteiger partial charge >= 0.3 is 5.97 Å². The van der Waals surface area contributed by atoms with Crippen molar-refractivity contribution in [1.82, 2.24) is 4.72 Å². The summed E-state index contributed by atoms with van der Waals surface area (Å²) in [4.78, 5) is 10.9. The summed E-state index contributed by atoms with van der Waals surface area (Å²) in [7, 11) is -4.02. The van der Waals surface area contributed by atoms with Crippen molar-refractivity contribution in [2.24, 2.45) is 5.92 Å². The quantitative estimate of drug-likeness (QED) is 0.834. The van der Waals surface area contributed by atoms with Gasteiger partial charge in [-0.05, 0) is 30.5 Å². The minimum atomic E-state index is -4.02. The molecule has 0 aromatic heterocycles. The number of benzene rings is 1. The van der Waals surface area contributed by atoms with Crippen LogP contribution in [0.1, 0.15) is 20.3 Å². The Morgan fingerprint density at radius 1 is 1.35 bits per heavy atom. The minimum absolute atomic E-state index is 0.0273. The highest BCUT2D eigenvalue weighted by atomic mass is 35.5. The maximum Gasteiger partial charge on any atom is 0.321 e. The van der Waals surface area contributed by atoms with E-state index in [1.54, 1.807) is 13.8 Å². The van der Waals surface area contributed by atoms with Crippen molar-refractivity contribution in [3.8, 4) is 0 Å². The lowest BCUT2D eigenvalue weighted by atomic mass is 10.1. The number of hydrogen-bond acceptors (Lipinski definition) is 3. The fourth-order valence-electron chi connectivity index (χ4n) is 1.61. The van der Waals surface area contributed by atoms with E-state index in [1.165, 1.54) is 18.2 Å². The van der Waals surface area contributed by atoms with Crippen LogP contribution in [0.25, 0.3) is 0 Å². The van der Waals surface area contributed by atoms with Gasteiger partial charge in [0.15, 0.2) is 0 Å². The van der Waals surface area contributed by atoms with E-state index in [-0.39, 0.29) is 22.3 Å². The van der Waals surface area contributed by atoms with Gasteiger partial charge in [0.2, 0.25) is 10.0 Å². The van der Waals surface area contributed by atoms with Crippen molar-refractivity contribution in [3.63, 3.8) is 0 Å². The second-order valence-corrected chi connectivity index (χ2v) is 7.24. The highest BCUT2D eigenvalue weighted by molar-refractivity contribution is 7.89. The number of hydrogen-bond donors (Lipinski definition) is 2. The van der Waals surface area contributed by atoms with E-state index in [1.807, 2.05) is 0 Å². The molecule has 0 amide bonds. The van der Waals surface area contributed by atoms with Crippen LogP contribution in [0, 0.1) is 5.92 Å². The van der Waals surface area contributed by atoms with Crippen LogP contribution in [-0.4, -0.2) is 25.5 Å². The third kappa shape index (κ3) is 4.63. The second kappa shape index (κ2) is 6.76. The monoisotopic (exact) mass is 339 g/mol. The molecule has 0 fully saturated rings. The van der Waals surface area contributed by atoms with E-state index in [9.17, 15) is 13.2 Å². The first kappa shape index (κ1) is 17.2. The average Bonchev–Trinajstić information content (AvgIpc) is 2.26. The lowest BCUT2D eigenvalue weighted by Crippen LogP contribution is -2.41. The summed E-state index contributed by atoms with van der Waals surface area (Å²) in [5.74, 6) is -1.20. The van der Waals surface area contributed by atoms with Gasteiger partial charge in [-0.25, -0.2) is 8.42 Å². The molecule has 2 N–H and O–H groups in total. The molecule has 0 aliphatic carbocycles. The molecule has 0 aliphatic rings. The number of sulfonamides is 1. The summed E-state index contributed by atoms with van der Waals surface area (Å²) < 4.78 is 26.5. The molecule has 20 heavy (non-hydrogen) atoms. The van der Waals surface area contributed by atoms with Gasteiger partial charge in [-0.3, -0.25) is 4.79 Å². The summed E-state index contributed by atoms with van der Waals surface area (Å²) in [5, 5.41) is 9.31. The molecule has 5 nitrogen and oxygen atoms in total. The van der Waals surface area contributed by atoms with Crippen molar-refractivity contribution in [2.45, 2.75) is 31.2 Å². The minimum Gasteiger partial charge on any atom is -0.480 e. The molecular formula is C12H15Cl2NO4S.